The summed E-state index contributed by atoms with van der Waals surface area (Å²) < 4.78 is 5.57. The predicted octanol–water partition coefficient (Wildman–Crippen LogP) is 1.71. The molecule has 1 aliphatic carbocycles. The predicted molar refractivity (Wildman–Crippen MR) is 80.8 cm³/mol. The van der Waals surface area contributed by atoms with Gasteiger partial charge in [-0.05, 0) is 39.5 Å². The average Bonchev–Trinajstić information content (AvgIpc) is 2.44. The molecule has 0 aromatic carbocycles. The molecule has 0 bridgehead atoms. The van der Waals surface area contributed by atoms with Crippen LogP contribution < -0.4 is 5.32 Å². The van der Waals surface area contributed by atoms with Gasteiger partial charge in [0.1, 0.15) is 12.1 Å². The second kappa shape index (κ2) is 7.25. The Morgan fingerprint density at radius 3 is 2.52 bits per heavy atom. The molecule has 1 saturated carbocycles. The first kappa shape index (κ1) is 16.3. The number of nitrogens with zero attached hydrogens (tertiary/aromatic N) is 1. The molecule has 0 radical (unpaired) electrons. The SMILES string of the molecule is CC(C)OCCN1C(=O)C(C)NC(=O)C1C1CCCCC1. The van der Waals surface area contributed by atoms with Crippen LogP contribution in [0.5, 0.6) is 0 Å². The topological polar surface area (TPSA) is 58.6 Å². The summed E-state index contributed by atoms with van der Waals surface area (Å²) in [4.78, 5) is 26.6. The van der Waals surface area contributed by atoms with Gasteiger partial charge in [0.2, 0.25) is 11.8 Å². The zero-order chi connectivity index (χ0) is 15.4. The summed E-state index contributed by atoms with van der Waals surface area (Å²) in [5, 5.41) is 2.83. The number of hydrogen-bond acceptors (Lipinski definition) is 3. The van der Waals surface area contributed by atoms with Crippen molar-refractivity contribution in [3.8, 4) is 0 Å². The van der Waals surface area contributed by atoms with E-state index >= 15 is 0 Å². The minimum atomic E-state index is -0.420. The lowest BCUT2D eigenvalue weighted by molar-refractivity contribution is -0.152. The Bertz CT molecular complexity index is 378. The van der Waals surface area contributed by atoms with Gasteiger partial charge in [-0.1, -0.05) is 19.3 Å². The van der Waals surface area contributed by atoms with Crippen molar-refractivity contribution in [2.24, 2.45) is 5.92 Å². The molecule has 21 heavy (non-hydrogen) atoms. The van der Waals surface area contributed by atoms with E-state index in [9.17, 15) is 9.59 Å². The van der Waals surface area contributed by atoms with Crippen LogP contribution in [0.1, 0.15) is 52.9 Å². The minimum absolute atomic E-state index is 0.0125. The van der Waals surface area contributed by atoms with Crippen molar-refractivity contribution in [1.82, 2.24) is 10.2 Å². The zero-order valence-corrected chi connectivity index (χ0v) is 13.4. The first-order valence-electron chi connectivity index (χ1n) is 8.23. The average molecular weight is 296 g/mol. The number of amides is 2. The molecule has 0 aromatic rings. The summed E-state index contributed by atoms with van der Waals surface area (Å²) in [5.74, 6) is 0.338. The summed E-state index contributed by atoms with van der Waals surface area (Å²) in [7, 11) is 0. The Morgan fingerprint density at radius 1 is 1.24 bits per heavy atom. The molecule has 2 atom stereocenters. The number of carbonyl (C=O) groups excluding carboxylic acids is 2. The van der Waals surface area contributed by atoms with E-state index in [4.69, 9.17) is 4.74 Å². The van der Waals surface area contributed by atoms with E-state index in [1.807, 2.05) is 13.8 Å². The van der Waals surface area contributed by atoms with Crippen molar-refractivity contribution in [3.05, 3.63) is 0 Å². The van der Waals surface area contributed by atoms with Gasteiger partial charge >= 0.3 is 0 Å². The lowest BCUT2D eigenvalue weighted by atomic mass is 9.81. The third-order valence-electron chi connectivity index (χ3n) is 4.50. The molecule has 2 rings (SSSR count). The van der Waals surface area contributed by atoms with Gasteiger partial charge in [-0.25, -0.2) is 0 Å². The first-order chi connectivity index (χ1) is 10.0. The lowest BCUT2D eigenvalue weighted by Gasteiger charge is -2.42. The second-order valence-corrected chi connectivity index (χ2v) is 6.52. The Morgan fingerprint density at radius 2 is 1.90 bits per heavy atom. The van der Waals surface area contributed by atoms with Gasteiger partial charge in [0.05, 0.1) is 12.7 Å². The van der Waals surface area contributed by atoms with E-state index in [-0.39, 0.29) is 24.0 Å². The normalized spacial score (nSPS) is 28.1. The smallest absolute Gasteiger partial charge is 0.245 e. The van der Waals surface area contributed by atoms with Crippen LogP contribution >= 0.6 is 0 Å². The van der Waals surface area contributed by atoms with Crippen LogP contribution in [0, 0.1) is 5.92 Å². The molecule has 0 aromatic heterocycles. The molecule has 0 spiro atoms. The van der Waals surface area contributed by atoms with Crippen molar-refractivity contribution in [2.75, 3.05) is 13.2 Å². The van der Waals surface area contributed by atoms with Crippen molar-refractivity contribution in [2.45, 2.75) is 71.1 Å². The molecule has 1 N–H and O–H groups in total. The van der Waals surface area contributed by atoms with Crippen molar-refractivity contribution in [1.29, 1.82) is 0 Å². The van der Waals surface area contributed by atoms with E-state index < -0.39 is 6.04 Å². The van der Waals surface area contributed by atoms with E-state index in [1.54, 1.807) is 11.8 Å². The fourth-order valence-electron chi connectivity index (χ4n) is 3.44. The Kier molecular flexibility index (Phi) is 5.62. The highest BCUT2D eigenvalue weighted by atomic mass is 16.5. The highest BCUT2D eigenvalue weighted by molar-refractivity contribution is 5.96. The van der Waals surface area contributed by atoms with Crippen LogP contribution in [0.25, 0.3) is 0 Å². The fourth-order valence-corrected chi connectivity index (χ4v) is 3.44. The second-order valence-electron chi connectivity index (χ2n) is 6.52. The molecule has 120 valence electrons. The summed E-state index contributed by atoms with van der Waals surface area (Å²) in [6.07, 6.45) is 5.79. The third-order valence-corrected chi connectivity index (χ3v) is 4.50. The Hall–Kier alpha value is -1.10. The molecular weight excluding hydrogens is 268 g/mol. The summed E-state index contributed by atoms with van der Waals surface area (Å²) in [6.45, 7) is 6.72. The number of carbonyl (C=O) groups is 2. The molecule has 2 amide bonds. The summed E-state index contributed by atoms with van der Waals surface area (Å²) in [5.41, 5.74) is 0. The van der Waals surface area contributed by atoms with Crippen LogP contribution in [-0.4, -0.2) is 48.1 Å². The quantitative estimate of drug-likeness (QED) is 0.840. The lowest BCUT2D eigenvalue weighted by Crippen LogP contribution is -2.65. The molecule has 2 aliphatic rings. The van der Waals surface area contributed by atoms with Gasteiger partial charge in [-0.2, -0.15) is 0 Å². The van der Waals surface area contributed by atoms with Gasteiger partial charge in [0.25, 0.3) is 0 Å². The van der Waals surface area contributed by atoms with Gasteiger partial charge in [-0.3, -0.25) is 9.59 Å². The van der Waals surface area contributed by atoms with Crippen LogP contribution in [0.2, 0.25) is 0 Å². The highest BCUT2D eigenvalue weighted by Gasteiger charge is 2.42. The zero-order valence-electron chi connectivity index (χ0n) is 13.4. The number of rotatable bonds is 5. The number of hydrogen-bond donors (Lipinski definition) is 1. The van der Waals surface area contributed by atoms with Crippen LogP contribution in [-0.2, 0) is 14.3 Å². The fraction of sp³-hybridized carbons (Fsp3) is 0.875. The van der Waals surface area contributed by atoms with Crippen LogP contribution in [0.4, 0.5) is 0 Å². The highest BCUT2D eigenvalue weighted by Crippen LogP contribution is 2.30. The van der Waals surface area contributed by atoms with Crippen molar-refractivity contribution < 1.29 is 14.3 Å². The van der Waals surface area contributed by atoms with E-state index in [1.165, 1.54) is 6.42 Å². The third kappa shape index (κ3) is 3.96. The summed E-state index contributed by atoms with van der Waals surface area (Å²) >= 11 is 0. The Balaban J connectivity index is 2.07. The first-order valence-corrected chi connectivity index (χ1v) is 8.23. The maximum atomic E-state index is 12.5. The molecule has 5 heteroatoms. The number of nitrogens with one attached hydrogen (secondary N) is 1. The van der Waals surface area contributed by atoms with Crippen molar-refractivity contribution in [3.63, 3.8) is 0 Å². The Labute approximate surface area is 127 Å². The molecule has 2 unspecified atom stereocenters. The van der Waals surface area contributed by atoms with Crippen LogP contribution in [0.3, 0.4) is 0 Å². The molecule has 1 saturated heterocycles. The monoisotopic (exact) mass is 296 g/mol. The maximum absolute atomic E-state index is 12.5. The summed E-state index contributed by atoms with van der Waals surface area (Å²) in [6, 6.07) is -0.721. The molecule has 5 nitrogen and oxygen atoms in total. The number of ether oxygens (including phenoxy) is 1. The molecular formula is C16H28N2O3. The minimum Gasteiger partial charge on any atom is -0.377 e. The van der Waals surface area contributed by atoms with Gasteiger partial charge < -0.3 is 15.0 Å². The molecule has 2 fully saturated rings. The van der Waals surface area contributed by atoms with E-state index in [0.29, 0.717) is 19.1 Å². The standard InChI is InChI=1S/C16H28N2O3/c1-11(2)21-10-9-18-14(13-7-5-4-6-8-13)15(19)17-12(3)16(18)20/h11-14H,4-10H2,1-3H3,(H,17,19). The molecule has 1 aliphatic heterocycles. The van der Waals surface area contributed by atoms with Crippen LogP contribution in [0.15, 0.2) is 0 Å². The maximum Gasteiger partial charge on any atom is 0.245 e. The van der Waals surface area contributed by atoms with E-state index in [2.05, 4.69) is 5.32 Å². The molecule has 1 heterocycles. The largest absolute Gasteiger partial charge is 0.377 e. The van der Waals surface area contributed by atoms with Gasteiger partial charge in [-0.15, -0.1) is 0 Å². The van der Waals surface area contributed by atoms with Crippen molar-refractivity contribution >= 4 is 11.8 Å². The van der Waals surface area contributed by atoms with Gasteiger partial charge in [0, 0.05) is 6.54 Å². The van der Waals surface area contributed by atoms with Gasteiger partial charge in [0.15, 0.2) is 0 Å². The van der Waals surface area contributed by atoms with E-state index in [0.717, 1.165) is 25.7 Å². The number of piperazine rings is 1.